The number of benzene rings is 2. The fourth-order valence-electron chi connectivity index (χ4n) is 1.92. The Morgan fingerprint density at radius 3 is 1.80 bits per heavy atom. The topological polar surface area (TPSA) is 127 Å². The van der Waals surface area contributed by atoms with E-state index in [-0.39, 0.29) is 15.4 Å². The molecule has 2 rings (SSSR count). The maximum absolute atomic E-state index is 12.2. The van der Waals surface area contributed by atoms with E-state index in [2.05, 4.69) is 5.32 Å². The molecule has 0 fully saturated rings. The standard InChI is InChI=1S/C15H17N3O5S2/c1-18(2)25(22,23)14-7-3-11(4-8-14)15(19)17-12-5-9-13(10-6-12)24(16,20)21/h3-10H,1-2H3,(H,17,19)(H2,16,20,21). The van der Waals surface area contributed by atoms with Crippen LogP contribution in [0.3, 0.4) is 0 Å². The second kappa shape index (κ2) is 6.92. The van der Waals surface area contributed by atoms with Crippen molar-refractivity contribution in [2.45, 2.75) is 9.79 Å². The second-order valence-electron chi connectivity index (χ2n) is 5.34. The predicted molar refractivity (Wildman–Crippen MR) is 93.1 cm³/mol. The lowest BCUT2D eigenvalue weighted by atomic mass is 10.2. The van der Waals surface area contributed by atoms with Crippen LogP contribution in [0.15, 0.2) is 58.3 Å². The maximum Gasteiger partial charge on any atom is 0.255 e. The molecule has 3 N–H and O–H groups in total. The summed E-state index contributed by atoms with van der Waals surface area (Å²) >= 11 is 0. The summed E-state index contributed by atoms with van der Waals surface area (Å²) in [7, 11) is -4.53. The van der Waals surface area contributed by atoms with Gasteiger partial charge in [0, 0.05) is 25.3 Å². The molecule has 2 aromatic carbocycles. The van der Waals surface area contributed by atoms with Crippen molar-refractivity contribution >= 4 is 31.6 Å². The van der Waals surface area contributed by atoms with Crippen LogP contribution in [0, 0.1) is 0 Å². The highest BCUT2D eigenvalue weighted by Gasteiger charge is 2.17. The van der Waals surface area contributed by atoms with Crippen molar-refractivity contribution < 1.29 is 21.6 Å². The molecule has 1 amide bonds. The molecular formula is C15H17N3O5S2. The van der Waals surface area contributed by atoms with Crippen LogP contribution in [-0.4, -0.2) is 41.1 Å². The Morgan fingerprint density at radius 1 is 0.880 bits per heavy atom. The number of rotatable bonds is 5. The molecule has 0 radical (unpaired) electrons. The minimum atomic E-state index is -3.80. The number of sulfonamides is 2. The molecule has 0 saturated carbocycles. The van der Waals surface area contributed by atoms with E-state index >= 15 is 0 Å². The SMILES string of the molecule is CN(C)S(=O)(=O)c1ccc(C(=O)Nc2ccc(S(N)(=O)=O)cc2)cc1. The van der Waals surface area contributed by atoms with E-state index in [4.69, 9.17) is 5.14 Å². The number of hydrogen-bond donors (Lipinski definition) is 2. The van der Waals surface area contributed by atoms with E-state index in [1.807, 2.05) is 0 Å². The van der Waals surface area contributed by atoms with Gasteiger partial charge in [0.2, 0.25) is 20.0 Å². The van der Waals surface area contributed by atoms with E-state index in [1.54, 1.807) is 0 Å². The van der Waals surface area contributed by atoms with Gasteiger partial charge in [-0.2, -0.15) is 0 Å². The van der Waals surface area contributed by atoms with Gasteiger partial charge < -0.3 is 5.32 Å². The highest BCUT2D eigenvalue weighted by Crippen LogP contribution is 2.16. The first kappa shape index (κ1) is 19.1. The highest BCUT2D eigenvalue weighted by atomic mass is 32.2. The number of primary sulfonamides is 1. The average Bonchev–Trinajstić information content (AvgIpc) is 2.54. The fourth-order valence-corrected chi connectivity index (χ4v) is 3.34. The number of nitrogens with zero attached hydrogens (tertiary/aromatic N) is 1. The van der Waals surface area contributed by atoms with Crippen LogP contribution < -0.4 is 10.5 Å². The average molecular weight is 383 g/mol. The lowest BCUT2D eigenvalue weighted by molar-refractivity contribution is 0.102. The van der Waals surface area contributed by atoms with Crippen molar-refractivity contribution in [2.75, 3.05) is 19.4 Å². The Balaban J connectivity index is 2.16. The summed E-state index contributed by atoms with van der Waals surface area (Å²) in [6.07, 6.45) is 0. The van der Waals surface area contributed by atoms with Crippen LogP contribution in [0.2, 0.25) is 0 Å². The number of carbonyl (C=O) groups is 1. The van der Waals surface area contributed by atoms with Gasteiger partial charge in [-0.25, -0.2) is 26.3 Å². The van der Waals surface area contributed by atoms with Gasteiger partial charge in [0.05, 0.1) is 9.79 Å². The monoisotopic (exact) mass is 383 g/mol. The predicted octanol–water partition coefficient (Wildman–Crippen LogP) is 0.837. The van der Waals surface area contributed by atoms with Crippen LogP contribution in [-0.2, 0) is 20.0 Å². The van der Waals surface area contributed by atoms with Crippen molar-refractivity contribution in [1.82, 2.24) is 4.31 Å². The van der Waals surface area contributed by atoms with Gasteiger partial charge in [-0.15, -0.1) is 0 Å². The summed E-state index contributed by atoms with van der Waals surface area (Å²) in [4.78, 5) is 12.2. The summed E-state index contributed by atoms with van der Waals surface area (Å²) < 4.78 is 47.4. The normalized spacial score (nSPS) is 12.2. The molecule has 0 spiro atoms. The molecule has 0 aliphatic heterocycles. The summed E-state index contributed by atoms with van der Waals surface area (Å²) in [6.45, 7) is 0. The smallest absolute Gasteiger partial charge is 0.255 e. The molecule has 0 atom stereocenters. The van der Waals surface area contributed by atoms with E-state index in [0.29, 0.717) is 5.69 Å². The molecule has 134 valence electrons. The van der Waals surface area contributed by atoms with E-state index in [9.17, 15) is 21.6 Å². The molecule has 0 aromatic heterocycles. The number of anilines is 1. The molecule has 0 aliphatic rings. The van der Waals surface area contributed by atoms with Crippen LogP contribution in [0.1, 0.15) is 10.4 Å². The quantitative estimate of drug-likeness (QED) is 0.791. The Morgan fingerprint density at radius 2 is 1.36 bits per heavy atom. The third-order valence-electron chi connectivity index (χ3n) is 3.34. The van der Waals surface area contributed by atoms with Gasteiger partial charge in [0.25, 0.3) is 5.91 Å². The van der Waals surface area contributed by atoms with Crippen molar-refractivity contribution in [1.29, 1.82) is 0 Å². The zero-order valence-corrected chi connectivity index (χ0v) is 15.1. The molecule has 0 heterocycles. The minimum Gasteiger partial charge on any atom is -0.322 e. The van der Waals surface area contributed by atoms with Crippen molar-refractivity contribution in [2.24, 2.45) is 5.14 Å². The van der Waals surface area contributed by atoms with Gasteiger partial charge in [0.1, 0.15) is 0 Å². The first-order chi connectivity index (χ1) is 11.5. The van der Waals surface area contributed by atoms with E-state index in [0.717, 1.165) is 4.31 Å². The maximum atomic E-state index is 12.2. The fraction of sp³-hybridized carbons (Fsp3) is 0.133. The van der Waals surface area contributed by atoms with Crippen LogP contribution in [0.5, 0.6) is 0 Å². The first-order valence-corrected chi connectivity index (χ1v) is 9.97. The molecule has 0 saturated heterocycles. The van der Waals surface area contributed by atoms with Crippen molar-refractivity contribution in [3.05, 3.63) is 54.1 Å². The Bertz CT molecular complexity index is 980. The first-order valence-electron chi connectivity index (χ1n) is 6.98. The Hall–Kier alpha value is -2.27. The van der Waals surface area contributed by atoms with Gasteiger partial charge in [-0.05, 0) is 48.5 Å². The summed E-state index contributed by atoms with van der Waals surface area (Å²) in [5.41, 5.74) is 0.635. The third kappa shape index (κ3) is 4.42. The molecular weight excluding hydrogens is 366 g/mol. The van der Waals surface area contributed by atoms with Gasteiger partial charge in [0.15, 0.2) is 0 Å². The number of nitrogens with one attached hydrogen (secondary N) is 1. The minimum absolute atomic E-state index is 0.0660. The van der Waals surface area contributed by atoms with Crippen LogP contribution in [0.25, 0.3) is 0 Å². The molecule has 8 nitrogen and oxygen atoms in total. The summed E-state index contributed by atoms with van der Waals surface area (Å²) in [5.74, 6) is -0.461. The molecule has 0 unspecified atom stereocenters. The van der Waals surface area contributed by atoms with Gasteiger partial charge >= 0.3 is 0 Å². The molecule has 0 bridgehead atoms. The number of hydrogen-bond acceptors (Lipinski definition) is 5. The largest absolute Gasteiger partial charge is 0.322 e. The molecule has 25 heavy (non-hydrogen) atoms. The third-order valence-corrected chi connectivity index (χ3v) is 6.09. The van der Waals surface area contributed by atoms with Gasteiger partial charge in [-0.3, -0.25) is 4.79 Å². The number of nitrogens with two attached hydrogens (primary N) is 1. The summed E-state index contributed by atoms with van der Waals surface area (Å²) in [5, 5.41) is 7.59. The molecule has 10 heteroatoms. The second-order valence-corrected chi connectivity index (χ2v) is 9.05. The molecule has 0 aliphatic carbocycles. The zero-order valence-electron chi connectivity index (χ0n) is 13.5. The zero-order chi connectivity index (χ0) is 18.8. The van der Waals surface area contributed by atoms with Gasteiger partial charge in [-0.1, -0.05) is 0 Å². The van der Waals surface area contributed by atoms with Crippen molar-refractivity contribution in [3.8, 4) is 0 Å². The number of carbonyl (C=O) groups excluding carboxylic acids is 1. The summed E-state index contributed by atoms with van der Waals surface area (Å²) in [6, 6.07) is 10.8. The van der Waals surface area contributed by atoms with Crippen LogP contribution >= 0.6 is 0 Å². The lowest BCUT2D eigenvalue weighted by Gasteiger charge is -2.11. The number of amides is 1. The highest BCUT2D eigenvalue weighted by molar-refractivity contribution is 7.89. The Labute approximate surface area is 146 Å². The van der Waals surface area contributed by atoms with E-state index in [1.165, 1.54) is 62.6 Å². The lowest BCUT2D eigenvalue weighted by Crippen LogP contribution is -2.22. The van der Waals surface area contributed by atoms with Crippen LogP contribution in [0.4, 0.5) is 5.69 Å². The Kier molecular flexibility index (Phi) is 5.28. The molecule has 2 aromatic rings. The van der Waals surface area contributed by atoms with Crippen molar-refractivity contribution in [3.63, 3.8) is 0 Å². The van der Waals surface area contributed by atoms with E-state index < -0.39 is 26.0 Å².